The minimum Gasteiger partial charge on any atom is -1.00 e. The Morgan fingerprint density at radius 2 is 1.90 bits per heavy atom. The number of pyridine rings is 1. The Morgan fingerprint density at radius 1 is 1.40 bits per heavy atom. The van der Waals surface area contributed by atoms with Gasteiger partial charge in [0.05, 0.1) is 5.02 Å². The van der Waals surface area contributed by atoms with E-state index < -0.39 is 0 Å². The maximum Gasteiger partial charge on any atom is 0.170 e. The zero-order chi connectivity index (χ0) is 6.69. The predicted molar refractivity (Wildman–Crippen MR) is 37.3 cm³/mol. The van der Waals surface area contributed by atoms with Crippen LogP contribution in [0.4, 0.5) is 0 Å². The van der Waals surface area contributed by atoms with Gasteiger partial charge in [0, 0.05) is 12.1 Å². The van der Waals surface area contributed by atoms with E-state index in [1.165, 1.54) is 0 Å². The first-order valence-corrected chi connectivity index (χ1v) is 3.35. The third-order valence-electron chi connectivity index (χ3n) is 1.22. The lowest BCUT2D eigenvalue weighted by Crippen LogP contribution is -3.00. The summed E-state index contributed by atoms with van der Waals surface area (Å²) in [5.74, 6) is 0. The van der Waals surface area contributed by atoms with Crippen molar-refractivity contribution in [3.8, 4) is 0 Å². The van der Waals surface area contributed by atoms with Gasteiger partial charge in [0.1, 0.15) is 6.54 Å². The molecule has 0 saturated heterocycles. The minimum atomic E-state index is 0. The van der Waals surface area contributed by atoms with Crippen LogP contribution in [-0.2, 0) is 6.54 Å². The molecular weight excluding hydrogens is 260 g/mol. The monoisotopic (exact) mass is 269 g/mol. The van der Waals surface area contributed by atoms with Gasteiger partial charge in [0.2, 0.25) is 0 Å². The molecule has 1 aromatic heterocycles. The third-order valence-corrected chi connectivity index (χ3v) is 1.47. The highest BCUT2D eigenvalue weighted by Gasteiger charge is 1.92. The van der Waals surface area contributed by atoms with Crippen LogP contribution in [0.2, 0.25) is 5.02 Å². The SMILES string of the molecule is CC[n+]1ccc(Cl)cc1.[I-]. The Bertz CT molecular complexity index is 185. The summed E-state index contributed by atoms with van der Waals surface area (Å²) in [6.07, 6.45) is 3.92. The quantitative estimate of drug-likeness (QED) is 0.439. The largest absolute Gasteiger partial charge is 1.00 e. The van der Waals surface area contributed by atoms with Gasteiger partial charge in [-0.1, -0.05) is 11.6 Å². The van der Waals surface area contributed by atoms with Crippen LogP contribution < -0.4 is 28.5 Å². The molecule has 0 spiro atoms. The number of aromatic nitrogens is 1. The fraction of sp³-hybridized carbons (Fsp3) is 0.286. The lowest BCUT2D eigenvalue weighted by atomic mass is 10.5. The number of aryl methyl sites for hydroxylation is 1. The molecule has 0 bridgehead atoms. The third kappa shape index (κ3) is 2.84. The molecule has 1 nitrogen and oxygen atoms in total. The summed E-state index contributed by atoms with van der Waals surface area (Å²) in [4.78, 5) is 0. The second-order valence-electron chi connectivity index (χ2n) is 1.85. The molecule has 1 heterocycles. The van der Waals surface area contributed by atoms with Crippen molar-refractivity contribution in [3.05, 3.63) is 29.5 Å². The standard InChI is InChI=1S/C7H9ClN.HI/c1-2-9-5-3-7(8)4-6-9;/h3-6H,2H2,1H3;1H/q+1;/p-1. The van der Waals surface area contributed by atoms with E-state index >= 15 is 0 Å². The predicted octanol–water partition coefficient (Wildman–Crippen LogP) is -1.35. The van der Waals surface area contributed by atoms with Gasteiger partial charge in [-0.05, 0) is 6.92 Å². The molecular formula is C7H9ClIN. The zero-order valence-corrected chi connectivity index (χ0v) is 8.63. The Hall–Kier alpha value is 0.170. The van der Waals surface area contributed by atoms with Gasteiger partial charge in [-0.3, -0.25) is 0 Å². The van der Waals surface area contributed by atoms with Gasteiger partial charge in [0.25, 0.3) is 0 Å². The fourth-order valence-electron chi connectivity index (χ4n) is 0.650. The Labute approximate surface area is 83.0 Å². The van der Waals surface area contributed by atoms with Crippen LogP contribution in [0.15, 0.2) is 24.5 Å². The first-order valence-electron chi connectivity index (χ1n) is 2.97. The number of rotatable bonds is 1. The van der Waals surface area contributed by atoms with Crippen molar-refractivity contribution in [1.82, 2.24) is 0 Å². The topological polar surface area (TPSA) is 3.88 Å². The molecule has 0 aliphatic carbocycles. The fourth-order valence-corrected chi connectivity index (χ4v) is 0.763. The average molecular weight is 270 g/mol. The molecule has 0 unspecified atom stereocenters. The molecule has 0 atom stereocenters. The van der Waals surface area contributed by atoms with Crippen LogP contribution in [0.25, 0.3) is 0 Å². The highest BCUT2D eigenvalue weighted by atomic mass is 127. The maximum atomic E-state index is 5.66. The Balaban J connectivity index is 0.000000810. The molecule has 0 aliphatic rings. The molecule has 0 saturated carbocycles. The first-order chi connectivity index (χ1) is 4.33. The lowest BCUT2D eigenvalue weighted by Gasteiger charge is -1.88. The highest BCUT2D eigenvalue weighted by molar-refractivity contribution is 6.30. The van der Waals surface area contributed by atoms with E-state index in [0.29, 0.717) is 0 Å². The van der Waals surface area contributed by atoms with E-state index in [-0.39, 0.29) is 24.0 Å². The van der Waals surface area contributed by atoms with Gasteiger partial charge >= 0.3 is 0 Å². The summed E-state index contributed by atoms with van der Waals surface area (Å²) in [6.45, 7) is 3.09. The van der Waals surface area contributed by atoms with Crippen LogP contribution in [0.1, 0.15) is 6.92 Å². The smallest absolute Gasteiger partial charge is 0.170 e. The molecule has 3 heteroatoms. The summed E-state index contributed by atoms with van der Waals surface area (Å²) in [6, 6.07) is 3.76. The Morgan fingerprint density at radius 3 is 2.30 bits per heavy atom. The molecule has 0 radical (unpaired) electrons. The van der Waals surface area contributed by atoms with Crippen LogP contribution in [0.3, 0.4) is 0 Å². The molecule has 1 rings (SSSR count). The summed E-state index contributed by atoms with van der Waals surface area (Å²) in [5.41, 5.74) is 0. The molecule has 0 aliphatic heterocycles. The van der Waals surface area contributed by atoms with Crippen molar-refractivity contribution in [2.24, 2.45) is 0 Å². The summed E-state index contributed by atoms with van der Waals surface area (Å²) in [5, 5.41) is 0.791. The maximum absolute atomic E-state index is 5.66. The van der Waals surface area contributed by atoms with Gasteiger partial charge in [-0.25, -0.2) is 4.57 Å². The van der Waals surface area contributed by atoms with Crippen LogP contribution in [0.5, 0.6) is 0 Å². The summed E-state index contributed by atoms with van der Waals surface area (Å²) < 4.78 is 2.06. The average Bonchev–Trinajstić information content (AvgIpc) is 1.90. The number of nitrogens with zero attached hydrogens (tertiary/aromatic N) is 1. The van der Waals surface area contributed by atoms with Gasteiger partial charge < -0.3 is 24.0 Å². The zero-order valence-electron chi connectivity index (χ0n) is 5.72. The highest BCUT2D eigenvalue weighted by Crippen LogP contribution is 2.01. The number of hydrogen-bond acceptors (Lipinski definition) is 0. The molecule has 0 aromatic carbocycles. The molecule has 0 amide bonds. The van der Waals surface area contributed by atoms with Crippen molar-refractivity contribution >= 4 is 11.6 Å². The Kier molecular flexibility index (Phi) is 4.99. The normalized spacial score (nSPS) is 8.60. The van der Waals surface area contributed by atoms with E-state index in [2.05, 4.69) is 11.5 Å². The van der Waals surface area contributed by atoms with Gasteiger partial charge in [-0.2, -0.15) is 0 Å². The van der Waals surface area contributed by atoms with E-state index in [4.69, 9.17) is 11.6 Å². The second kappa shape index (κ2) is 4.91. The lowest BCUT2D eigenvalue weighted by molar-refractivity contribution is -0.693. The van der Waals surface area contributed by atoms with Crippen LogP contribution in [0, 0.1) is 0 Å². The molecule has 1 aromatic rings. The van der Waals surface area contributed by atoms with Crippen LogP contribution >= 0.6 is 11.6 Å². The van der Waals surface area contributed by atoms with E-state index in [1.54, 1.807) is 0 Å². The van der Waals surface area contributed by atoms with Crippen molar-refractivity contribution in [1.29, 1.82) is 0 Å². The van der Waals surface area contributed by atoms with E-state index in [9.17, 15) is 0 Å². The van der Waals surface area contributed by atoms with Crippen molar-refractivity contribution in [2.75, 3.05) is 0 Å². The van der Waals surface area contributed by atoms with Crippen LogP contribution in [-0.4, -0.2) is 0 Å². The second-order valence-corrected chi connectivity index (χ2v) is 2.28. The van der Waals surface area contributed by atoms with Gasteiger partial charge in [0.15, 0.2) is 12.4 Å². The molecule has 56 valence electrons. The van der Waals surface area contributed by atoms with E-state index in [1.807, 2.05) is 24.5 Å². The number of hydrogen-bond donors (Lipinski definition) is 0. The first kappa shape index (κ1) is 10.2. The molecule has 0 fully saturated rings. The van der Waals surface area contributed by atoms with Crippen molar-refractivity contribution < 1.29 is 28.5 Å². The molecule has 0 N–H and O–H groups in total. The van der Waals surface area contributed by atoms with Gasteiger partial charge in [-0.15, -0.1) is 0 Å². The molecule has 10 heavy (non-hydrogen) atoms. The van der Waals surface area contributed by atoms with E-state index in [0.717, 1.165) is 11.6 Å². The number of halogens is 2. The van der Waals surface area contributed by atoms with Crippen molar-refractivity contribution in [2.45, 2.75) is 13.5 Å². The van der Waals surface area contributed by atoms with Crippen molar-refractivity contribution in [3.63, 3.8) is 0 Å². The minimum absolute atomic E-state index is 0. The summed E-state index contributed by atoms with van der Waals surface area (Å²) >= 11 is 5.66. The summed E-state index contributed by atoms with van der Waals surface area (Å²) in [7, 11) is 0.